The molecule has 0 saturated carbocycles. The van der Waals surface area contributed by atoms with Gasteiger partial charge in [0.15, 0.2) is 0 Å². The Morgan fingerprint density at radius 2 is 1.22 bits per heavy atom. The van der Waals surface area contributed by atoms with Gasteiger partial charge in [-0.15, -0.1) is 0 Å². The van der Waals surface area contributed by atoms with Crippen LogP contribution < -0.4 is 0 Å². The van der Waals surface area contributed by atoms with Crippen LogP contribution in [0.3, 0.4) is 0 Å². The van der Waals surface area contributed by atoms with Crippen LogP contribution in [-0.4, -0.2) is 24.5 Å². The fraction of sp³-hybridized carbons (Fsp3) is 0. The Bertz CT molecular complexity index is 2200. The highest BCUT2D eigenvalue weighted by Gasteiger charge is 2.20. The summed E-state index contributed by atoms with van der Waals surface area (Å²) in [5.74, 6) is 0.848. The second-order valence-electron chi connectivity index (χ2n) is 9.99. The van der Waals surface area contributed by atoms with E-state index in [1.807, 2.05) is 66.9 Å². The van der Waals surface area contributed by atoms with Crippen molar-refractivity contribution in [3.05, 3.63) is 140 Å². The number of rotatable bonds is 4. The van der Waals surface area contributed by atoms with Gasteiger partial charge < -0.3 is 0 Å². The van der Waals surface area contributed by atoms with Gasteiger partial charge in [-0.3, -0.25) is 9.55 Å². The minimum absolute atomic E-state index is 0.844. The third kappa shape index (κ3) is 3.95. The SMILES string of the molecule is c1ccc(-c2nc3ccccc3nc2-c2cc(-c3nc4ccccc4n3-c3cccnc3)cc3ccccc23)cc1. The Balaban J connectivity index is 1.46. The van der Waals surface area contributed by atoms with Crippen LogP contribution in [0.25, 0.3) is 72.4 Å². The van der Waals surface area contributed by atoms with Crippen molar-refractivity contribution in [2.24, 2.45) is 0 Å². The fourth-order valence-electron chi connectivity index (χ4n) is 5.59. The van der Waals surface area contributed by atoms with E-state index in [2.05, 4.69) is 76.3 Å². The van der Waals surface area contributed by atoms with Crippen LogP contribution in [0.4, 0.5) is 0 Å². The van der Waals surface area contributed by atoms with Crippen LogP contribution in [-0.2, 0) is 0 Å². The molecule has 0 aliphatic heterocycles. The molecule has 0 bridgehead atoms. The van der Waals surface area contributed by atoms with Crippen molar-refractivity contribution in [1.82, 2.24) is 24.5 Å². The number of pyridine rings is 1. The van der Waals surface area contributed by atoms with Crippen molar-refractivity contribution in [3.63, 3.8) is 0 Å². The summed E-state index contributed by atoms with van der Waals surface area (Å²) in [4.78, 5) is 19.9. The van der Waals surface area contributed by atoms with Gasteiger partial charge in [-0.1, -0.05) is 78.9 Å². The van der Waals surface area contributed by atoms with Gasteiger partial charge in [-0.05, 0) is 59.3 Å². The average molecular weight is 526 g/mol. The first-order valence-corrected chi connectivity index (χ1v) is 13.6. The quantitative estimate of drug-likeness (QED) is 0.231. The number of fused-ring (bicyclic) bond motifs is 3. The first-order chi connectivity index (χ1) is 20.3. The van der Waals surface area contributed by atoms with E-state index in [0.717, 1.165) is 72.4 Å². The van der Waals surface area contributed by atoms with E-state index in [9.17, 15) is 0 Å². The second kappa shape index (κ2) is 9.50. The summed E-state index contributed by atoms with van der Waals surface area (Å²) < 4.78 is 2.18. The molecule has 8 aromatic rings. The Kier molecular flexibility index (Phi) is 5.38. The molecule has 8 rings (SSSR count). The van der Waals surface area contributed by atoms with Gasteiger partial charge in [0.2, 0.25) is 0 Å². The van der Waals surface area contributed by atoms with Gasteiger partial charge in [-0.25, -0.2) is 15.0 Å². The topological polar surface area (TPSA) is 56.5 Å². The van der Waals surface area contributed by atoms with Crippen LogP contribution in [0.5, 0.6) is 0 Å². The molecular formula is C36H23N5. The molecule has 41 heavy (non-hydrogen) atoms. The predicted octanol–water partition coefficient (Wildman–Crippen LogP) is 8.52. The standard InChI is InChI=1S/C36H23N5/c1-2-11-24(12-3-1)34-35(39-31-17-7-6-16-30(31)38-34)29-22-26(21-25-13-4-5-15-28(25)29)36-40-32-18-8-9-19-33(32)41(36)27-14-10-20-37-23-27/h1-23H. The van der Waals surface area contributed by atoms with E-state index in [-0.39, 0.29) is 0 Å². The van der Waals surface area contributed by atoms with Crippen molar-refractivity contribution in [2.75, 3.05) is 0 Å². The van der Waals surface area contributed by atoms with Crippen LogP contribution >= 0.6 is 0 Å². The third-order valence-electron chi connectivity index (χ3n) is 7.46. The zero-order valence-corrected chi connectivity index (χ0v) is 22.0. The minimum Gasteiger partial charge on any atom is -0.291 e. The van der Waals surface area contributed by atoms with E-state index in [4.69, 9.17) is 15.0 Å². The van der Waals surface area contributed by atoms with Gasteiger partial charge in [-0.2, -0.15) is 0 Å². The summed E-state index contributed by atoms with van der Waals surface area (Å²) in [5, 5.41) is 2.22. The predicted molar refractivity (Wildman–Crippen MR) is 166 cm³/mol. The monoisotopic (exact) mass is 525 g/mol. The first-order valence-electron chi connectivity index (χ1n) is 13.6. The highest BCUT2D eigenvalue weighted by molar-refractivity contribution is 6.03. The minimum atomic E-state index is 0.844. The molecule has 0 fully saturated rings. The maximum atomic E-state index is 5.23. The van der Waals surface area contributed by atoms with Crippen molar-refractivity contribution in [1.29, 1.82) is 0 Å². The smallest absolute Gasteiger partial charge is 0.145 e. The maximum absolute atomic E-state index is 5.23. The number of para-hydroxylation sites is 4. The fourth-order valence-corrected chi connectivity index (χ4v) is 5.59. The Hall–Kier alpha value is -5.68. The molecule has 0 unspecified atom stereocenters. The van der Waals surface area contributed by atoms with E-state index < -0.39 is 0 Å². The van der Waals surface area contributed by atoms with Gasteiger partial charge in [0.05, 0.1) is 45.3 Å². The Labute approximate surface area is 236 Å². The van der Waals surface area contributed by atoms with Crippen LogP contribution in [0.1, 0.15) is 0 Å². The van der Waals surface area contributed by atoms with Crippen LogP contribution in [0.15, 0.2) is 140 Å². The van der Waals surface area contributed by atoms with Gasteiger partial charge in [0.25, 0.3) is 0 Å². The molecule has 0 N–H and O–H groups in total. The summed E-state index contributed by atoms with van der Waals surface area (Å²) in [6.07, 6.45) is 3.67. The summed E-state index contributed by atoms with van der Waals surface area (Å²) in [6, 6.07) is 43.5. The summed E-state index contributed by atoms with van der Waals surface area (Å²) in [5.41, 5.74) is 9.38. The normalized spacial score (nSPS) is 11.4. The van der Waals surface area contributed by atoms with Gasteiger partial charge in [0.1, 0.15) is 5.82 Å². The number of hydrogen-bond donors (Lipinski definition) is 0. The lowest BCUT2D eigenvalue weighted by Crippen LogP contribution is -2.00. The highest BCUT2D eigenvalue weighted by Crippen LogP contribution is 2.39. The van der Waals surface area contributed by atoms with E-state index in [1.165, 1.54) is 0 Å². The molecule has 0 radical (unpaired) electrons. The molecule has 0 saturated heterocycles. The van der Waals surface area contributed by atoms with E-state index >= 15 is 0 Å². The molecule has 0 aliphatic carbocycles. The second-order valence-corrected chi connectivity index (χ2v) is 9.99. The molecular weight excluding hydrogens is 502 g/mol. The van der Waals surface area contributed by atoms with Crippen molar-refractivity contribution < 1.29 is 0 Å². The molecule has 0 aliphatic rings. The Morgan fingerprint density at radius 3 is 2.02 bits per heavy atom. The molecule has 0 amide bonds. The van der Waals surface area contributed by atoms with E-state index in [0.29, 0.717) is 0 Å². The third-order valence-corrected chi connectivity index (χ3v) is 7.46. The van der Waals surface area contributed by atoms with Crippen LogP contribution in [0.2, 0.25) is 0 Å². The lowest BCUT2D eigenvalue weighted by molar-refractivity contribution is 1.08. The molecule has 192 valence electrons. The highest BCUT2D eigenvalue weighted by atomic mass is 15.1. The zero-order valence-electron chi connectivity index (χ0n) is 22.0. The zero-order chi connectivity index (χ0) is 27.2. The van der Waals surface area contributed by atoms with Crippen molar-refractivity contribution >= 4 is 32.8 Å². The number of aromatic nitrogens is 5. The summed E-state index contributed by atoms with van der Waals surface area (Å²) >= 11 is 0. The first kappa shape index (κ1) is 23.2. The maximum Gasteiger partial charge on any atom is 0.145 e. The lowest BCUT2D eigenvalue weighted by Gasteiger charge is -2.15. The molecule has 5 nitrogen and oxygen atoms in total. The molecule has 3 aromatic heterocycles. The molecule has 5 heteroatoms. The van der Waals surface area contributed by atoms with Crippen molar-refractivity contribution in [3.8, 4) is 39.6 Å². The molecule has 5 aromatic carbocycles. The molecule has 3 heterocycles. The van der Waals surface area contributed by atoms with Gasteiger partial charge >= 0.3 is 0 Å². The molecule has 0 spiro atoms. The number of hydrogen-bond acceptors (Lipinski definition) is 4. The van der Waals surface area contributed by atoms with E-state index in [1.54, 1.807) is 6.20 Å². The van der Waals surface area contributed by atoms with Crippen LogP contribution in [0, 0.1) is 0 Å². The lowest BCUT2D eigenvalue weighted by atomic mass is 9.95. The largest absolute Gasteiger partial charge is 0.291 e. The Morgan fingerprint density at radius 1 is 0.512 bits per heavy atom. The van der Waals surface area contributed by atoms with Crippen molar-refractivity contribution in [2.45, 2.75) is 0 Å². The molecule has 0 atom stereocenters. The summed E-state index contributed by atoms with van der Waals surface area (Å²) in [7, 11) is 0. The van der Waals surface area contributed by atoms with Gasteiger partial charge in [0, 0.05) is 22.9 Å². The number of benzene rings is 5. The number of imidazole rings is 1. The average Bonchev–Trinajstić information content (AvgIpc) is 3.44. The number of nitrogens with zero attached hydrogens (tertiary/aromatic N) is 5. The summed E-state index contributed by atoms with van der Waals surface area (Å²) in [6.45, 7) is 0.